The topological polar surface area (TPSA) is 65.4 Å². The third-order valence-electron chi connectivity index (χ3n) is 5.19. The third kappa shape index (κ3) is 8.15. The number of nitrogens with zero attached hydrogens (tertiary/aromatic N) is 2. The first-order valence-electron chi connectivity index (χ1n) is 10.7. The first-order valence-corrected chi connectivity index (χ1v) is 10.7. The lowest BCUT2D eigenvalue weighted by Crippen LogP contribution is -2.30. The second kappa shape index (κ2) is 11.5. The van der Waals surface area contributed by atoms with Crippen LogP contribution >= 0.6 is 0 Å². The molecule has 0 aliphatic heterocycles. The monoisotopic (exact) mass is 430 g/mol. The number of benzene rings is 2. The standard InChI is InChI=1S/C25H38N2O4/c1-25(2,19-7-11-23(12-8-19)30-17-21(28)15-26(3)4)20-9-13-24(14-10-20)31-18-22(29)16-27(5)6/h7-14,21-22,28-29H,15-18H2,1-6H3/t21-,22-/m1/s1. The molecule has 0 aliphatic carbocycles. The van der Waals surface area contributed by atoms with Crippen molar-refractivity contribution < 1.29 is 19.7 Å². The van der Waals surface area contributed by atoms with Crippen molar-refractivity contribution in [1.82, 2.24) is 9.80 Å². The lowest BCUT2D eigenvalue weighted by Gasteiger charge is -2.27. The summed E-state index contributed by atoms with van der Waals surface area (Å²) in [7, 11) is 7.70. The summed E-state index contributed by atoms with van der Waals surface area (Å²) >= 11 is 0. The second-order valence-corrected chi connectivity index (χ2v) is 9.13. The fraction of sp³-hybridized carbons (Fsp3) is 0.520. The van der Waals surface area contributed by atoms with Gasteiger partial charge in [0, 0.05) is 18.5 Å². The predicted molar refractivity (Wildman–Crippen MR) is 125 cm³/mol. The Kier molecular flexibility index (Phi) is 9.32. The molecule has 2 aromatic carbocycles. The van der Waals surface area contributed by atoms with Crippen LogP contribution in [0, 0.1) is 0 Å². The minimum atomic E-state index is -0.518. The minimum Gasteiger partial charge on any atom is -0.491 e. The van der Waals surface area contributed by atoms with E-state index in [9.17, 15) is 10.2 Å². The first-order chi connectivity index (χ1) is 14.6. The van der Waals surface area contributed by atoms with Crippen molar-refractivity contribution in [2.24, 2.45) is 0 Å². The van der Waals surface area contributed by atoms with Gasteiger partial charge < -0.3 is 29.5 Å². The minimum absolute atomic E-state index is 0.189. The molecule has 0 aliphatic rings. The summed E-state index contributed by atoms with van der Waals surface area (Å²) in [6, 6.07) is 16.1. The van der Waals surface area contributed by atoms with Gasteiger partial charge >= 0.3 is 0 Å². The van der Waals surface area contributed by atoms with Gasteiger partial charge in [-0.25, -0.2) is 0 Å². The van der Waals surface area contributed by atoms with Gasteiger partial charge in [0.05, 0.1) is 0 Å². The quantitative estimate of drug-likeness (QED) is 0.540. The highest BCUT2D eigenvalue weighted by atomic mass is 16.5. The Bertz CT molecular complexity index is 708. The summed E-state index contributed by atoms with van der Waals surface area (Å²) in [5.74, 6) is 1.50. The maximum Gasteiger partial charge on any atom is 0.119 e. The van der Waals surface area contributed by atoms with E-state index in [4.69, 9.17) is 9.47 Å². The number of hydrogen-bond donors (Lipinski definition) is 2. The molecular formula is C25H38N2O4. The predicted octanol–water partition coefficient (Wildman–Crippen LogP) is 2.62. The van der Waals surface area contributed by atoms with Crippen molar-refractivity contribution in [2.45, 2.75) is 31.5 Å². The Labute approximate surface area is 187 Å². The number of aliphatic hydroxyl groups is 2. The van der Waals surface area contributed by atoms with E-state index < -0.39 is 12.2 Å². The van der Waals surface area contributed by atoms with Crippen LogP contribution in [0.4, 0.5) is 0 Å². The van der Waals surface area contributed by atoms with Gasteiger partial charge in [-0.3, -0.25) is 0 Å². The molecule has 2 aromatic rings. The van der Waals surface area contributed by atoms with Crippen molar-refractivity contribution in [3.63, 3.8) is 0 Å². The molecule has 172 valence electrons. The smallest absolute Gasteiger partial charge is 0.119 e. The molecule has 0 aromatic heterocycles. The van der Waals surface area contributed by atoms with Crippen molar-refractivity contribution in [1.29, 1.82) is 0 Å². The highest BCUT2D eigenvalue weighted by molar-refractivity contribution is 5.41. The van der Waals surface area contributed by atoms with E-state index in [2.05, 4.69) is 38.1 Å². The van der Waals surface area contributed by atoms with E-state index in [0.717, 1.165) is 11.5 Å². The first kappa shape index (κ1) is 25.1. The molecule has 0 saturated heterocycles. The van der Waals surface area contributed by atoms with Crippen LogP contribution in [0.25, 0.3) is 0 Å². The molecule has 0 saturated carbocycles. The summed E-state index contributed by atoms with van der Waals surface area (Å²) in [5, 5.41) is 19.9. The average Bonchev–Trinajstić information content (AvgIpc) is 2.70. The van der Waals surface area contributed by atoms with Crippen molar-refractivity contribution in [3.05, 3.63) is 59.7 Å². The van der Waals surface area contributed by atoms with Crippen LogP contribution in [0.15, 0.2) is 48.5 Å². The fourth-order valence-electron chi connectivity index (χ4n) is 3.44. The summed E-state index contributed by atoms with van der Waals surface area (Å²) in [5.41, 5.74) is 2.15. The van der Waals surface area contributed by atoms with Crippen LogP contribution in [-0.4, -0.2) is 86.7 Å². The van der Waals surface area contributed by atoms with Gasteiger partial charge in [0.1, 0.15) is 36.9 Å². The van der Waals surface area contributed by atoms with Gasteiger partial charge in [-0.05, 0) is 63.6 Å². The van der Waals surface area contributed by atoms with E-state index in [1.54, 1.807) is 0 Å². The highest BCUT2D eigenvalue weighted by Gasteiger charge is 2.23. The van der Waals surface area contributed by atoms with Gasteiger partial charge in [0.25, 0.3) is 0 Å². The zero-order chi connectivity index (χ0) is 23.0. The van der Waals surface area contributed by atoms with Crippen LogP contribution in [0.1, 0.15) is 25.0 Å². The normalized spacial score (nSPS) is 14.0. The van der Waals surface area contributed by atoms with Gasteiger partial charge in [-0.15, -0.1) is 0 Å². The third-order valence-corrected chi connectivity index (χ3v) is 5.19. The molecule has 2 rings (SSSR count). The zero-order valence-corrected chi connectivity index (χ0v) is 19.7. The van der Waals surface area contributed by atoms with Gasteiger partial charge in [-0.1, -0.05) is 38.1 Å². The van der Waals surface area contributed by atoms with Crippen LogP contribution in [0.3, 0.4) is 0 Å². The van der Waals surface area contributed by atoms with Crippen LogP contribution in [0.5, 0.6) is 11.5 Å². The molecule has 2 N–H and O–H groups in total. The van der Waals surface area contributed by atoms with Crippen LogP contribution in [0.2, 0.25) is 0 Å². The maximum atomic E-state index is 9.95. The summed E-state index contributed by atoms with van der Waals surface area (Å²) in [6.45, 7) is 6.04. The SMILES string of the molecule is CN(C)C[C@@H](O)COc1ccc(C(C)(C)c2ccc(OC[C@H](O)CN(C)C)cc2)cc1. The molecule has 0 bridgehead atoms. The van der Waals surface area contributed by atoms with E-state index in [1.807, 2.05) is 62.3 Å². The lowest BCUT2D eigenvalue weighted by atomic mass is 9.78. The van der Waals surface area contributed by atoms with E-state index in [1.165, 1.54) is 11.1 Å². The van der Waals surface area contributed by atoms with Gasteiger partial charge in [0.15, 0.2) is 0 Å². The number of aliphatic hydroxyl groups excluding tert-OH is 2. The highest BCUT2D eigenvalue weighted by Crippen LogP contribution is 2.33. The summed E-state index contributed by atoms with van der Waals surface area (Å²) in [4.78, 5) is 3.86. The molecule has 6 nitrogen and oxygen atoms in total. The molecule has 0 heterocycles. The van der Waals surface area contributed by atoms with Crippen LogP contribution < -0.4 is 9.47 Å². The van der Waals surface area contributed by atoms with Gasteiger partial charge in [0.2, 0.25) is 0 Å². The van der Waals surface area contributed by atoms with Crippen molar-refractivity contribution in [2.75, 3.05) is 54.5 Å². The van der Waals surface area contributed by atoms with Crippen LogP contribution in [-0.2, 0) is 5.41 Å². The molecule has 6 heteroatoms. The lowest BCUT2D eigenvalue weighted by molar-refractivity contribution is 0.0830. The largest absolute Gasteiger partial charge is 0.491 e. The number of likely N-dealkylation sites (N-methyl/N-ethyl adjacent to an activating group) is 2. The molecule has 0 radical (unpaired) electrons. The Morgan fingerprint density at radius 1 is 0.677 bits per heavy atom. The van der Waals surface area contributed by atoms with Gasteiger partial charge in [-0.2, -0.15) is 0 Å². The maximum absolute atomic E-state index is 9.95. The van der Waals surface area contributed by atoms with Crippen molar-refractivity contribution >= 4 is 0 Å². The molecule has 0 amide bonds. The Morgan fingerprint density at radius 2 is 1.00 bits per heavy atom. The van der Waals surface area contributed by atoms with E-state index in [0.29, 0.717) is 13.1 Å². The van der Waals surface area contributed by atoms with Crippen molar-refractivity contribution in [3.8, 4) is 11.5 Å². The fourth-order valence-corrected chi connectivity index (χ4v) is 3.44. The molecule has 2 atom stereocenters. The average molecular weight is 431 g/mol. The zero-order valence-electron chi connectivity index (χ0n) is 19.7. The van der Waals surface area contributed by atoms with E-state index >= 15 is 0 Å². The summed E-state index contributed by atoms with van der Waals surface area (Å²) < 4.78 is 11.4. The number of hydrogen-bond acceptors (Lipinski definition) is 6. The Morgan fingerprint density at radius 3 is 1.29 bits per heavy atom. The second-order valence-electron chi connectivity index (χ2n) is 9.13. The molecule has 0 spiro atoms. The number of rotatable bonds is 12. The number of ether oxygens (including phenoxy) is 2. The summed E-state index contributed by atoms with van der Waals surface area (Å²) in [6.07, 6.45) is -1.04. The molecular weight excluding hydrogens is 392 g/mol. The molecule has 0 unspecified atom stereocenters. The Hall–Kier alpha value is -2.12. The molecule has 31 heavy (non-hydrogen) atoms. The van der Waals surface area contributed by atoms with E-state index in [-0.39, 0.29) is 18.6 Å². The Balaban J connectivity index is 1.96. The molecule has 0 fully saturated rings.